The summed E-state index contributed by atoms with van der Waals surface area (Å²) in [5.74, 6) is -0.999. The van der Waals surface area contributed by atoms with Crippen LogP contribution in [-0.2, 0) is 10.0 Å². The molecular formula is C29H24FN5O5S2. The van der Waals surface area contributed by atoms with Gasteiger partial charge in [-0.3, -0.25) is 9.52 Å². The van der Waals surface area contributed by atoms with Gasteiger partial charge in [-0.2, -0.15) is 5.10 Å². The monoisotopic (exact) mass is 605 g/mol. The van der Waals surface area contributed by atoms with Crippen molar-refractivity contribution in [2.24, 2.45) is 5.10 Å². The van der Waals surface area contributed by atoms with Gasteiger partial charge >= 0.3 is 0 Å². The molecule has 0 aliphatic heterocycles. The molecule has 0 fully saturated rings. The third-order valence-corrected chi connectivity index (χ3v) is 8.48. The zero-order valence-corrected chi connectivity index (χ0v) is 23.9. The highest BCUT2D eigenvalue weighted by Gasteiger charge is 2.22. The molecule has 4 N–H and O–H groups in total. The molecule has 0 saturated carbocycles. The summed E-state index contributed by atoms with van der Waals surface area (Å²) in [5, 5.41) is 16.3. The maximum Gasteiger partial charge on any atom is 0.275 e. The Morgan fingerprint density at radius 3 is 2.60 bits per heavy atom. The number of hydrogen-bond acceptors (Lipinski definition) is 9. The van der Waals surface area contributed by atoms with Crippen molar-refractivity contribution in [3.05, 3.63) is 101 Å². The number of phenolic OH excluding ortho intramolecular Hbond substituents is 1. The Bertz CT molecular complexity index is 1930. The number of benzene rings is 4. The molecule has 0 aliphatic carbocycles. The Morgan fingerprint density at radius 2 is 1.86 bits per heavy atom. The number of sulfonamides is 1. The topological polar surface area (TPSA) is 142 Å². The summed E-state index contributed by atoms with van der Waals surface area (Å²) >= 11 is 0.968. The molecule has 214 valence electrons. The maximum absolute atomic E-state index is 14.8. The molecule has 5 rings (SSSR count). The minimum atomic E-state index is -4.21. The Hall–Kier alpha value is -5.01. The van der Waals surface area contributed by atoms with Crippen LogP contribution in [0.4, 0.5) is 20.9 Å². The van der Waals surface area contributed by atoms with Gasteiger partial charge < -0.3 is 15.2 Å². The number of aromatic nitrogens is 1. The summed E-state index contributed by atoms with van der Waals surface area (Å²) in [6, 6.07) is 20.1. The van der Waals surface area contributed by atoms with Gasteiger partial charge in [-0.1, -0.05) is 23.5 Å². The van der Waals surface area contributed by atoms with E-state index in [0.717, 1.165) is 23.0 Å². The van der Waals surface area contributed by atoms with E-state index in [0.29, 0.717) is 21.5 Å². The van der Waals surface area contributed by atoms with Crippen molar-refractivity contribution in [2.45, 2.75) is 11.8 Å². The third kappa shape index (κ3) is 6.32. The Balaban J connectivity index is 1.39. The van der Waals surface area contributed by atoms with Gasteiger partial charge in [0.1, 0.15) is 17.3 Å². The number of aromatic hydroxyl groups is 1. The lowest BCUT2D eigenvalue weighted by atomic mass is 10.2. The number of amides is 1. The van der Waals surface area contributed by atoms with Gasteiger partial charge in [0.15, 0.2) is 5.13 Å². The number of fused-ring (bicyclic) bond motifs is 1. The minimum Gasteiger partial charge on any atom is -0.508 e. The highest BCUT2D eigenvalue weighted by molar-refractivity contribution is 7.93. The Morgan fingerprint density at radius 1 is 1.07 bits per heavy atom. The maximum atomic E-state index is 14.8. The molecule has 13 heteroatoms. The van der Waals surface area contributed by atoms with E-state index in [4.69, 9.17) is 4.74 Å². The molecule has 42 heavy (non-hydrogen) atoms. The van der Waals surface area contributed by atoms with Gasteiger partial charge in [0.2, 0.25) is 0 Å². The number of hydrazone groups is 1. The van der Waals surface area contributed by atoms with Gasteiger partial charge in [-0.25, -0.2) is 23.2 Å². The smallest absolute Gasteiger partial charge is 0.275 e. The highest BCUT2D eigenvalue weighted by atomic mass is 32.2. The molecule has 0 saturated heterocycles. The van der Waals surface area contributed by atoms with Crippen molar-refractivity contribution in [1.29, 1.82) is 0 Å². The summed E-state index contributed by atoms with van der Waals surface area (Å²) in [6.07, 6.45) is 1.37. The SMILES string of the molecule is COc1ccc(S(=O)(=O)Nc2nc3ccc(F)c(Nc4cccc(C)c4)c3s2)cc1C(=O)N/N=C/c1ccc(O)cc1. The van der Waals surface area contributed by atoms with Gasteiger partial charge in [0.05, 0.1) is 39.7 Å². The number of phenols is 1. The molecule has 5 aromatic rings. The lowest BCUT2D eigenvalue weighted by Crippen LogP contribution is -2.20. The first-order chi connectivity index (χ1) is 20.1. The fourth-order valence-corrected chi connectivity index (χ4v) is 6.20. The summed E-state index contributed by atoms with van der Waals surface area (Å²) in [5.41, 5.74) is 5.13. The second kappa shape index (κ2) is 11.8. The van der Waals surface area contributed by atoms with Crippen LogP contribution < -0.4 is 20.2 Å². The standard InChI is InChI=1S/C29H24FN5O5S2/c1-17-4-3-5-19(14-17)32-26-23(30)11-12-24-27(26)41-29(33-24)35-42(38,39)21-10-13-25(40-2)22(15-21)28(37)34-31-16-18-6-8-20(36)9-7-18/h3-16,32,36H,1-2H3,(H,33,35)(H,34,37)/b31-16+. The average molecular weight is 606 g/mol. The molecule has 4 aromatic carbocycles. The lowest BCUT2D eigenvalue weighted by Gasteiger charge is -2.10. The lowest BCUT2D eigenvalue weighted by molar-refractivity contribution is 0.0952. The number of nitrogens with one attached hydrogen (secondary N) is 3. The third-order valence-electron chi connectivity index (χ3n) is 6.01. The molecule has 10 nitrogen and oxygen atoms in total. The highest BCUT2D eigenvalue weighted by Crippen LogP contribution is 2.37. The summed E-state index contributed by atoms with van der Waals surface area (Å²) < 4.78 is 49.5. The van der Waals surface area contributed by atoms with E-state index >= 15 is 0 Å². The van der Waals surface area contributed by atoms with E-state index in [-0.39, 0.29) is 32.8 Å². The molecule has 1 heterocycles. The second-order valence-corrected chi connectivity index (χ2v) is 11.7. The molecule has 0 spiro atoms. The first-order valence-electron chi connectivity index (χ1n) is 12.4. The van der Waals surface area contributed by atoms with Crippen molar-refractivity contribution >= 4 is 60.2 Å². The van der Waals surface area contributed by atoms with Crippen LogP contribution in [0.2, 0.25) is 0 Å². The van der Waals surface area contributed by atoms with Crippen molar-refractivity contribution in [3.63, 3.8) is 0 Å². The fraction of sp³-hybridized carbons (Fsp3) is 0.0690. The van der Waals surface area contributed by atoms with Gasteiger partial charge in [0, 0.05) is 5.69 Å². The number of hydrogen-bond donors (Lipinski definition) is 4. The summed E-state index contributed by atoms with van der Waals surface area (Å²) in [7, 11) is -2.86. The largest absolute Gasteiger partial charge is 0.508 e. The van der Waals surface area contributed by atoms with Crippen molar-refractivity contribution < 1.29 is 27.4 Å². The zero-order chi connectivity index (χ0) is 29.9. The van der Waals surface area contributed by atoms with Crippen LogP contribution in [0.1, 0.15) is 21.5 Å². The van der Waals surface area contributed by atoms with Crippen molar-refractivity contribution in [3.8, 4) is 11.5 Å². The second-order valence-electron chi connectivity index (χ2n) is 9.04. The van der Waals surface area contributed by atoms with E-state index < -0.39 is 21.7 Å². The van der Waals surface area contributed by atoms with Crippen molar-refractivity contribution in [1.82, 2.24) is 10.4 Å². The van der Waals surface area contributed by atoms with E-state index in [9.17, 15) is 22.7 Å². The number of aryl methyl sites for hydroxylation is 1. The number of methoxy groups -OCH3 is 1. The zero-order valence-electron chi connectivity index (χ0n) is 22.3. The quantitative estimate of drug-likeness (QED) is 0.124. The van der Waals surface area contributed by atoms with Crippen LogP contribution in [0.3, 0.4) is 0 Å². The summed E-state index contributed by atoms with van der Waals surface area (Å²) in [6.45, 7) is 1.92. The van der Waals surface area contributed by atoms with Gasteiger partial charge in [-0.05, 0) is 84.8 Å². The molecule has 0 unspecified atom stereocenters. The van der Waals surface area contributed by atoms with Crippen LogP contribution in [0.5, 0.6) is 11.5 Å². The van der Waals surface area contributed by atoms with Crippen molar-refractivity contribution in [2.75, 3.05) is 17.1 Å². The van der Waals surface area contributed by atoms with E-state index in [1.165, 1.54) is 49.7 Å². The molecule has 0 radical (unpaired) electrons. The Kier molecular flexibility index (Phi) is 8.04. The van der Waals surface area contributed by atoms with Crippen LogP contribution in [0.15, 0.2) is 88.9 Å². The number of carbonyl (C=O) groups is 1. The van der Waals surface area contributed by atoms with E-state index in [1.54, 1.807) is 18.2 Å². The predicted molar refractivity (Wildman–Crippen MR) is 161 cm³/mol. The molecule has 1 aromatic heterocycles. The molecular weight excluding hydrogens is 581 g/mol. The van der Waals surface area contributed by atoms with Gasteiger partial charge in [0.25, 0.3) is 15.9 Å². The first-order valence-corrected chi connectivity index (χ1v) is 14.7. The number of anilines is 3. The van der Waals surface area contributed by atoms with Crippen LogP contribution in [0, 0.1) is 12.7 Å². The normalized spacial score (nSPS) is 11.5. The number of thiazole rings is 1. The Labute approximate surface area is 244 Å². The van der Waals surface area contributed by atoms with E-state index in [1.807, 2.05) is 25.1 Å². The molecule has 1 amide bonds. The van der Waals surface area contributed by atoms with E-state index in [2.05, 4.69) is 25.6 Å². The first kappa shape index (κ1) is 28.5. The number of ether oxygens (including phenoxy) is 1. The predicted octanol–water partition coefficient (Wildman–Crippen LogP) is 5.77. The summed E-state index contributed by atoms with van der Waals surface area (Å²) in [4.78, 5) is 17.0. The molecule has 0 bridgehead atoms. The van der Waals surface area contributed by atoms with Crippen LogP contribution in [0.25, 0.3) is 10.2 Å². The number of halogens is 1. The fourth-order valence-electron chi connectivity index (χ4n) is 3.99. The molecule has 0 aliphatic rings. The average Bonchev–Trinajstić information content (AvgIpc) is 3.37. The van der Waals surface area contributed by atoms with Crippen LogP contribution in [-0.4, -0.2) is 37.7 Å². The molecule has 0 atom stereocenters. The minimum absolute atomic E-state index is 0.0169. The number of carbonyl (C=O) groups excluding carboxylic acids is 1. The number of rotatable bonds is 9. The van der Waals surface area contributed by atoms with Crippen LogP contribution >= 0.6 is 11.3 Å². The number of nitrogens with zero attached hydrogens (tertiary/aromatic N) is 2. The van der Waals surface area contributed by atoms with Gasteiger partial charge in [-0.15, -0.1) is 0 Å².